The van der Waals surface area contributed by atoms with Crippen LogP contribution in [0.3, 0.4) is 0 Å². The Bertz CT molecular complexity index is 451. The Kier molecular flexibility index (Phi) is 2.72. The molecule has 1 aromatic carbocycles. The van der Waals surface area contributed by atoms with Gasteiger partial charge in [0.05, 0.1) is 5.69 Å². The zero-order valence-electron chi connectivity index (χ0n) is 8.44. The second-order valence-corrected chi connectivity index (χ2v) is 3.46. The minimum Gasteiger partial charge on any atom is -0.207 e. The molecular formula is C12H11FN2. The lowest BCUT2D eigenvalue weighted by atomic mass is 10.1. The van der Waals surface area contributed by atoms with Crippen molar-refractivity contribution < 1.29 is 4.39 Å². The largest absolute Gasteiger partial charge is 0.207 e. The minimum absolute atomic E-state index is 0.213. The summed E-state index contributed by atoms with van der Waals surface area (Å²) in [6.45, 7) is 1.99. The Hall–Kier alpha value is -1.77. The highest BCUT2D eigenvalue weighted by Gasteiger charge is 2.01. The molecule has 1 heterocycles. The molecule has 3 heteroatoms. The highest BCUT2D eigenvalue weighted by molar-refractivity contribution is 5.25. The molecule has 1 aromatic heterocycles. The number of benzene rings is 1. The van der Waals surface area contributed by atoms with Crippen LogP contribution < -0.4 is 0 Å². The van der Waals surface area contributed by atoms with E-state index in [4.69, 9.17) is 0 Å². The molecule has 0 N–H and O–H groups in total. The molecule has 0 bridgehead atoms. The Morgan fingerprint density at radius 2 is 1.87 bits per heavy atom. The SMILES string of the molecule is Cc1ccnnc1Cc1ccc(F)cc1. The number of rotatable bonds is 2. The maximum atomic E-state index is 12.7. The molecule has 0 aliphatic rings. The van der Waals surface area contributed by atoms with Crippen molar-refractivity contribution in [3.05, 3.63) is 59.2 Å². The predicted molar refractivity (Wildman–Crippen MR) is 56.0 cm³/mol. The third-order valence-corrected chi connectivity index (χ3v) is 2.31. The van der Waals surface area contributed by atoms with Crippen LogP contribution in [0.1, 0.15) is 16.8 Å². The van der Waals surface area contributed by atoms with Gasteiger partial charge in [0.25, 0.3) is 0 Å². The average Bonchev–Trinajstić information content (AvgIpc) is 2.25. The van der Waals surface area contributed by atoms with Gasteiger partial charge in [-0.25, -0.2) is 4.39 Å². The molecule has 0 saturated heterocycles. The third-order valence-electron chi connectivity index (χ3n) is 2.31. The van der Waals surface area contributed by atoms with E-state index in [1.165, 1.54) is 12.1 Å². The van der Waals surface area contributed by atoms with Gasteiger partial charge in [0.2, 0.25) is 0 Å². The quantitative estimate of drug-likeness (QED) is 0.747. The van der Waals surface area contributed by atoms with Gasteiger partial charge < -0.3 is 0 Å². The third kappa shape index (κ3) is 2.37. The van der Waals surface area contributed by atoms with E-state index in [2.05, 4.69) is 10.2 Å². The Morgan fingerprint density at radius 1 is 1.13 bits per heavy atom. The summed E-state index contributed by atoms with van der Waals surface area (Å²) >= 11 is 0. The molecule has 0 saturated carbocycles. The summed E-state index contributed by atoms with van der Waals surface area (Å²) in [7, 11) is 0. The summed E-state index contributed by atoms with van der Waals surface area (Å²) in [6.07, 6.45) is 2.36. The molecule has 76 valence electrons. The molecule has 0 amide bonds. The lowest BCUT2D eigenvalue weighted by Gasteiger charge is -2.03. The first-order chi connectivity index (χ1) is 7.25. The van der Waals surface area contributed by atoms with E-state index < -0.39 is 0 Å². The molecule has 0 radical (unpaired) electrons. The number of hydrogen-bond acceptors (Lipinski definition) is 2. The maximum absolute atomic E-state index is 12.7. The van der Waals surface area contributed by atoms with Crippen LogP contribution in [0.25, 0.3) is 0 Å². The molecule has 0 spiro atoms. The summed E-state index contributed by atoms with van der Waals surface area (Å²) < 4.78 is 12.7. The van der Waals surface area contributed by atoms with Gasteiger partial charge in [0.15, 0.2) is 0 Å². The van der Waals surface area contributed by atoms with E-state index in [1.54, 1.807) is 18.3 Å². The number of aromatic nitrogens is 2. The predicted octanol–water partition coefficient (Wildman–Crippen LogP) is 2.51. The fourth-order valence-electron chi connectivity index (χ4n) is 1.39. The van der Waals surface area contributed by atoms with Crippen LogP contribution in [-0.4, -0.2) is 10.2 Å². The first-order valence-electron chi connectivity index (χ1n) is 4.77. The second kappa shape index (κ2) is 4.17. The summed E-state index contributed by atoms with van der Waals surface area (Å²) in [5, 5.41) is 7.89. The molecule has 0 unspecified atom stereocenters. The van der Waals surface area contributed by atoms with Gasteiger partial charge in [-0.3, -0.25) is 0 Å². The number of nitrogens with zero attached hydrogens (tertiary/aromatic N) is 2. The summed E-state index contributed by atoms with van der Waals surface area (Å²) in [5.41, 5.74) is 3.08. The van der Waals surface area contributed by atoms with E-state index in [0.29, 0.717) is 6.42 Å². The van der Waals surface area contributed by atoms with Crippen LogP contribution >= 0.6 is 0 Å². The van der Waals surface area contributed by atoms with Crippen molar-refractivity contribution in [3.8, 4) is 0 Å². The summed E-state index contributed by atoms with van der Waals surface area (Å²) in [6, 6.07) is 8.38. The standard InChI is InChI=1S/C12H11FN2/c1-9-6-7-14-15-12(9)8-10-2-4-11(13)5-3-10/h2-7H,8H2,1H3. The molecule has 0 atom stereocenters. The second-order valence-electron chi connectivity index (χ2n) is 3.46. The van der Waals surface area contributed by atoms with Crippen molar-refractivity contribution in [1.82, 2.24) is 10.2 Å². The molecule has 2 nitrogen and oxygen atoms in total. The van der Waals surface area contributed by atoms with Crippen LogP contribution in [0.2, 0.25) is 0 Å². The fraction of sp³-hybridized carbons (Fsp3) is 0.167. The van der Waals surface area contributed by atoms with E-state index >= 15 is 0 Å². The van der Waals surface area contributed by atoms with Crippen molar-refractivity contribution >= 4 is 0 Å². The van der Waals surface area contributed by atoms with Gasteiger partial charge in [0, 0.05) is 12.6 Å². The normalized spacial score (nSPS) is 10.3. The van der Waals surface area contributed by atoms with Gasteiger partial charge in [-0.2, -0.15) is 10.2 Å². The number of hydrogen-bond donors (Lipinski definition) is 0. The van der Waals surface area contributed by atoms with Crippen LogP contribution in [-0.2, 0) is 6.42 Å². The van der Waals surface area contributed by atoms with E-state index in [1.807, 2.05) is 13.0 Å². The Balaban J connectivity index is 2.22. The van der Waals surface area contributed by atoms with Crippen LogP contribution in [0.4, 0.5) is 4.39 Å². The van der Waals surface area contributed by atoms with Gasteiger partial charge >= 0.3 is 0 Å². The van der Waals surface area contributed by atoms with Gasteiger partial charge in [-0.15, -0.1) is 0 Å². The van der Waals surface area contributed by atoms with Crippen molar-refractivity contribution in [2.75, 3.05) is 0 Å². The van der Waals surface area contributed by atoms with Crippen LogP contribution in [0.15, 0.2) is 36.5 Å². The van der Waals surface area contributed by atoms with Crippen molar-refractivity contribution in [2.24, 2.45) is 0 Å². The number of halogens is 1. The first kappa shape index (κ1) is 9.77. The van der Waals surface area contributed by atoms with E-state index in [0.717, 1.165) is 16.8 Å². The minimum atomic E-state index is -0.213. The molecule has 0 aliphatic carbocycles. The van der Waals surface area contributed by atoms with E-state index in [-0.39, 0.29) is 5.82 Å². The first-order valence-corrected chi connectivity index (χ1v) is 4.77. The molecule has 0 aliphatic heterocycles. The monoisotopic (exact) mass is 202 g/mol. The highest BCUT2D eigenvalue weighted by Crippen LogP contribution is 2.10. The van der Waals surface area contributed by atoms with Gasteiger partial charge in [-0.05, 0) is 36.2 Å². The number of aryl methyl sites for hydroxylation is 1. The van der Waals surface area contributed by atoms with Crippen molar-refractivity contribution in [2.45, 2.75) is 13.3 Å². The maximum Gasteiger partial charge on any atom is 0.123 e. The average molecular weight is 202 g/mol. The lowest BCUT2D eigenvalue weighted by Crippen LogP contribution is -1.97. The topological polar surface area (TPSA) is 25.8 Å². The van der Waals surface area contributed by atoms with Crippen molar-refractivity contribution in [1.29, 1.82) is 0 Å². The van der Waals surface area contributed by atoms with Gasteiger partial charge in [-0.1, -0.05) is 12.1 Å². The Morgan fingerprint density at radius 3 is 2.53 bits per heavy atom. The highest BCUT2D eigenvalue weighted by atomic mass is 19.1. The smallest absolute Gasteiger partial charge is 0.123 e. The zero-order chi connectivity index (χ0) is 10.7. The van der Waals surface area contributed by atoms with Crippen molar-refractivity contribution in [3.63, 3.8) is 0 Å². The molecule has 2 rings (SSSR count). The van der Waals surface area contributed by atoms with E-state index in [9.17, 15) is 4.39 Å². The molecular weight excluding hydrogens is 191 g/mol. The van der Waals surface area contributed by atoms with Crippen LogP contribution in [0, 0.1) is 12.7 Å². The molecule has 2 aromatic rings. The summed E-state index contributed by atoms with van der Waals surface area (Å²) in [5.74, 6) is -0.213. The molecule has 0 fully saturated rings. The van der Waals surface area contributed by atoms with Crippen LogP contribution in [0.5, 0.6) is 0 Å². The zero-order valence-corrected chi connectivity index (χ0v) is 8.44. The molecule has 15 heavy (non-hydrogen) atoms. The Labute approximate surface area is 87.8 Å². The fourth-order valence-corrected chi connectivity index (χ4v) is 1.39. The lowest BCUT2D eigenvalue weighted by molar-refractivity contribution is 0.627. The van der Waals surface area contributed by atoms with Gasteiger partial charge in [0.1, 0.15) is 5.82 Å². The summed E-state index contributed by atoms with van der Waals surface area (Å²) in [4.78, 5) is 0.